The van der Waals surface area contributed by atoms with Crippen molar-refractivity contribution < 1.29 is 10.0 Å². The van der Waals surface area contributed by atoms with Crippen molar-refractivity contribution in [2.24, 2.45) is 10.9 Å². The van der Waals surface area contributed by atoms with Crippen LogP contribution in [0.3, 0.4) is 0 Å². The molecule has 0 unspecified atom stereocenters. The van der Waals surface area contributed by atoms with Crippen LogP contribution >= 0.6 is 0 Å². The van der Waals surface area contributed by atoms with Crippen molar-refractivity contribution in [1.29, 1.82) is 0 Å². The molecule has 98 valence electrons. The summed E-state index contributed by atoms with van der Waals surface area (Å²) in [5, 5.41) is 13.8. The first-order valence-electron chi connectivity index (χ1n) is 5.85. The van der Waals surface area contributed by atoms with Crippen LogP contribution in [0.4, 0.5) is 0 Å². The Labute approximate surface area is 107 Å². The summed E-state index contributed by atoms with van der Waals surface area (Å²) in [7, 11) is 0. The first-order valence-corrected chi connectivity index (χ1v) is 5.85. The standard InChI is InChI=1S/C13H19N3O2/c1-9(2)11-5-3-10(4-6-11)8-15-13(17)7-12(14)16-18/h3-6,9,18H,7-8H2,1-2H3,(H2,14,16)(H,15,17). The van der Waals surface area contributed by atoms with Gasteiger partial charge >= 0.3 is 0 Å². The van der Waals surface area contributed by atoms with Gasteiger partial charge < -0.3 is 16.3 Å². The maximum atomic E-state index is 11.4. The average molecular weight is 249 g/mol. The van der Waals surface area contributed by atoms with Gasteiger partial charge in [0.05, 0.1) is 6.42 Å². The lowest BCUT2D eigenvalue weighted by Gasteiger charge is -2.08. The van der Waals surface area contributed by atoms with E-state index in [1.807, 2.05) is 12.1 Å². The van der Waals surface area contributed by atoms with Crippen LogP contribution in [0.25, 0.3) is 0 Å². The van der Waals surface area contributed by atoms with Gasteiger partial charge in [0.1, 0.15) is 5.84 Å². The summed E-state index contributed by atoms with van der Waals surface area (Å²) in [6, 6.07) is 8.07. The first-order chi connectivity index (χ1) is 8.52. The third-order valence-corrected chi connectivity index (χ3v) is 2.61. The Balaban J connectivity index is 2.46. The van der Waals surface area contributed by atoms with Gasteiger partial charge in [-0.15, -0.1) is 0 Å². The molecule has 0 saturated heterocycles. The van der Waals surface area contributed by atoms with E-state index in [4.69, 9.17) is 10.9 Å². The van der Waals surface area contributed by atoms with Crippen LogP contribution in [0.1, 0.15) is 37.3 Å². The number of hydrogen-bond acceptors (Lipinski definition) is 3. The van der Waals surface area contributed by atoms with Crippen LogP contribution in [0.2, 0.25) is 0 Å². The van der Waals surface area contributed by atoms with E-state index >= 15 is 0 Å². The summed E-state index contributed by atoms with van der Waals surface area (Å²) in [5.41, 5.74) is 7.52. The highest BCUT2D eigenvalue weighted by Crippen LogP contribution is 2.14. The maximum absolute atomic E-state index is 11.4. The normalized spacial score (nSPS) is 11.6. The molecule has 0 heterocycles. The lowest BCUT2D eigenvalue weighted by Crippen LogP contribution is -2.28. The van der Waals surface area contributed by atoms with Crippen LogP contribution in [0.5, 0.6) is 0 Å². The summed E-state index contributed by atoms with van der Waals surface area (Å²) < 4.78 is 0. The molecule has 0 aromatic heterocycles. The molecule has 5 heteroatoms. The Hall–Kier alpha value is -2.04. The number of nitrogens with one attached hydrogen (secondary N) is 1. The smallest absolute Gasteiger partial charge is 0.227 e. The van der Waals surface area contributed by atoms with Crippen LogP contribution in [0, 0.1) is 0 Å². The number of oxime groups is 1. The molecule has 0 aliphatic rings. The van der Waals surface area contributed by atoms with Crippen LogP contribution in [-0.4, -0.2) is 17.0 Å². The Morgan fingerprint density at radius 3 is 2.50 bits per heavy atom. The number of benzene rings is 1. The largest absolute Gasteiger partial charge is 0.409 e. The Bertz CT molecular complexity index is 424. The van der Waals surface area contributed by atoms with Crippen LogP contribution in [0.15, 0.2) is 29.4 Å². The third-order valence-electron chi connectivity index (χ3n) is 2.61. The summed E-state index contributed by atoms with van der Waals surface area (Å²) in [5.74, 6) is 0.134. The minimum absolute atomic E-state index is 0.0948. The number of carbonyl (C=O) groups is 1. The monoisotopic (exact) mass is 249 g/mol. The molecule has 0 atom stereocenters. The molecule has 0 radical (unpaired) electrons. The SMILES string of the molecule is CC(C)c1ccc(CNC(=O)CC(N)=NO)cc1. The molecular formula is C13H19N3O2. The number of nitrogens with two attached hydrogens (primary N) is 1. The highest BCUT2D eigenvalue weighted by Gasteiger charge is 2.05. The van der Waals surface area contributed by atoms with Gasteiger partial charge in [-0.2, -0.15) is 0 Å². The number of hydrogen-bond donors (Lipinski definition) is 3. The van der Waals surface area contributed by atoms with Crippen molar-refractivity contribution in [3.63, 3.8) is 0 Å². The van der Waals surface area contributed by atoms with Crippen molar-refractivity contribution in [1.82, 2.24) is 5.32 Å². The molecule has 1 aromatic rings. The van der Waals surface area contributed by atoms with E-state index < -0.39 is 0 Å². The molecule has 4 N–H and O–H groups in total. The molecule has 0 aliphatic heterocycles. The average Bonchev–Trinajstić information content (AvgIpc) is 2.36. The van der Waals surface area contributed by atoms with Crippen molar-refractivity contribution in [3.8, 4) is 0 Å². The summed E-state index contributed by atoms with van der Waals surface area (Å²) in [6.45, 7) is 4.71. The van der Waals surface area contributed by atoms with Crippen molar-refractivity contribution in [2.75, 3.05) is 0 Å². The van der Waals surface area contributed by atoms with E-state index in [1.165, 1.54) is 5.56 Å². The van der Waals surface area contributed by atoms with Crippen molar-refractivity contribution in [3.05, 3.63) is 35.4 Å². The fraction of sp³-hybridized carbons (Fsp3) is 0.385. The minimum atomic E-state index is -0.266. The summed E-state index contributed by atoms with van der Waals surface area (Å²) >= 11 is 0. The van der Waals surface area contributed by atoms with Crippen LogP contribution < -0.4 is 11.1 Å². The van der Waals surface area contributed by atoms with E-state index in [0.29, 0.717) is 12.5 Å². The number of carbonyl (C=O) groups excluding carboxylic acids is 1. The highest BCUT2D eigenvalue weighted by atomic mass is 16.4. The van der Waals surface area contributed by atoms with E-state index in [0.717, 1.165) is 5.56 Å². The zero-order valence-electron chi connectivity index (χ0n) is 10.7. The fourth-order valence-electron chi connectivity index (χ4n) is 1.48. The Morgan fingerprint density at radius 1 is 1.39 bits per heavy atom. The van der Waals surface area contributed by atoms with Gasteiger partial charge in [-0.3, -0.25) is 4.79 Å². The predicted molar refractivity (Wildman–Crippen MR) is 70.4 cm³/mol. The van der Waals surface area contributed by atoms with Gasteiger partial charge in [0.2, 0.25) is 5.91 Å². The van der Waals surface area contributed by atoms with Gasteiger partial charge in [-0.1, -0.05) is 43.3 Å². The lowest BCUT2D eigenvalue weighted by atomic mass is 10.0. The van der Waals surface area contributed by atoms with Crippen molar-refractivity contribution >= 4 is 11.7 Å². The lowest BCUT2D eigenvalue weighted by molar-refractivity contribution is -0.120. The second-order valence-corrected chi connectivity index (χ2v) is 4.44. The molecule has 5 nitrogen and oxygen atoms in total. The number of amides is 1. The minimum Gasteiger partial charge on any atom is -0.409 e. The van der Waals surface area contributed by atoms with Gasteiger partial charge in [0.15, 0.2) is 0 Å². The Morgan fingerprint density at radius 2 is 2.00 bits per heavy atom. The molecule has 1 amide bonds. The Kier molecular flexibility index (Phi) is 5.17. The predicted octanol–water partition coefficient (Wildman–Crippen LogP) is 1.56. The topological polar surface area (TPSA) is 87.7 Å². The van der Waals surface area contributed by atoms with E-state index in [9.17, 15) is 4.79 Å². The second kappa shape index (κ2) is 6.64. The number of nitrogens with zero attached hydrogens (tertiary/aromatic N) is 1. The third kappa shape index (κ3) is 4.45. The quantitative estimate of drug-likeness (QED) is 0.320. The van der Waals surface area contributed by atoms with E-state index in [2.05, 4.69) is 36.5 Å². The van der Waals surface area contributed by atoms with Gasteiger partial charge in [-0.05, 0) is 17.0 Å². The fourth-order valence-corrected chi connectivity index (χ4v) is 1.48. The molecule has 0 aliphatic carbocycles. The maximum Gasteiger partial charge on any atom is 0.227 e. The molecular weight excluding hydrogens is 230 g/mol. The summed E-state index contributed by atoms with van der Waals surface area (Å²) in [4.78, 5) is 11.4. The zero-order valence-corrected chi connectivity index (χ0v) is 10.7. The van der Waals surface area contributed by atoms with Crippen molar-refractivity contribution in [2.45, 2.75) is 32.7 Å². The molecule has 0 bridgehead atoms. The molecule has 18 heavy (non-hydrogen) atoms. The molecule has 0 spiro atoms. The second-order valence-electron chi connectivity index (χ2n) is 4.44. The van der Waals surface area contributed by atoms with Gasteiger partial charge in [0.25, 0.3) is 0 Å². The van der Waals surface area contributed by atoms with E-state index in [1.54, 1.807) is 0 Å². The molecule has 0 saturated carbocycles. The van der Waals surface area contributed by atoms with Gasteiger partial charge in [0, 0.05) is 6.54 Å². The molecule has 1 rings (SSSR count). The summed E-state index contributed by atoms with van der Waals surface area (Å²) in [6.07, 6.45) is -0.0966. The molecule has 1 aromatic carbocycles. The number of rotatable bonds is 5. The highest BCUT2D eigenvalue weighted by molar-refractivity contribution is 5.98. The molecule has 0 fully saturated rings. The zero-order chi connectivity index (χ0) is 13.5. The first kappa shape index (κ1) is 14.0. The van der Waals surface area contributed by atoms with Crippen LogP contribution in [-0.2, 0) is 11.3 Å². The van der Waals surface area contributed by atoms with Gasteiger partial charge in [-0.25, -0.2) is 0 Å². The van der Waals surface area contributed by atoms with E-state index in [-0.39, 0.29) is 18.2 Å². The number of amidine groups is 1.